The second-order valence-electron chi connectivity index (χ2n) is 5.49. The number of carboxylic acids is 1. The summed E-state index contributed by atoms with van der Waals surface area (Å²) in [4.78, 5) is 25.0. The van der Waals surface area contributed by atoms with E-state index in [0.717, 1.165) is 12.8 Å². The summed E-state index contributed by atoms with van der Waals surface area (Å²) in [5.41, 5.74) is 0.885. The van der Waals surface area contributed by atoms with Crippen LogP contribution in [0.2, 0.25) is 0 Å². The molecule has 0 bridgehead atoms. The molecule has 1 aliphatic heterocycles. The molecule has 1 heterocycles. The number of nitrogens with zero attached hydrogens (tertiary/aromatic N) is 1. The molecule has 1 fully saturated rings. The van der Waals surface area contributed by atoms with Crippen molar-refractivity contribution >= 4 is 17.7 Å². The number of urea groups is 1. The van der Waals surface area contributed by atoms with Crippen molar-refractivity contribution in [3.8, 4) is 0 Å². The fourth-order valence-electron chi connectivity index (χ4n) is 2.71. The summed E-state index contributed by atoms with van der Waals surface area (Å²) in [6.45, 7) is 3.85. The maximum Gasteiger partial charge on any atom is 0.326 e. The Balaban J connectivity index is 2.14. The van der Waals surface area contributed by atoms with E-state index in [9.17, 15) is 19.1 Å². The van der Waals surface area contributed by atoms with Crippen molar-refractivity contribution in [2.75, 3.05) is 11.9 Å². The van der Waals surface area contributed by atoms with Crippen LogP contribution < -0.4 is 5.32 Å². The minimum Gasteiger partial charge on any atom is -0.480 e. The number of piperidine rings is 1. The second-order valence-corrected chi connectivity index (χ2v) is 5.49. The van der Waals surface area contributed by atoms with Gasteiger partial charge in [-0.05, 0) is 49.4 Å². The summed E-state index contributed by atoms with van der Waals surface area (Å²) in [5.74, 6) is -1.42. The fraction of sp³-hybridized carbons (Fsp3) is 0.467. The number of hydrogen-bond acceptors (Lipinski definition) is 2. The summed E-state index contributed by atoms with van der Waals surface area (Å²) in [6, 6.07) is 2.98. The normalized spacial score (nSPS) is 22.0. The number of benzene rings is 1. The van der Waals surface area contributed by atoms with Crippen molar-refractivity contribution in [2.45, 2.75) is 32.7 Å². The molecule has 0 aromatic heterocycles. The summed E-state index contributed by atoms with van der Waals surface area (Å²) < 4.78 is 13.2. The molecule has 5 nitrogen and oxygen atoms in total. The van der Waals surface area contributed by atoms with Gasteiger partial charge < -0.3 is 15.3 Å². The molecule has 0 spiro atoms. The zero-order valence-electron chi connectivity index (χ0n) is 12.1. The molecule has 2 amide bonds. The quantitative estimate of drug-likeness (QED) is 0.881. The Bertz CT molecular complexity index is 562. The van der Waals surface area contributed by atoms with E-state index in [1.165, 1.54) is 23.1 Å². The molecule has 1 saturated heterocycles. The molecule has 21 heavy (non-hydrogen) atoms. The fourth-order valence-corrected chi connectivity index (χ4v) is 2.71. The summed E-state index contributed by atoms with van der Waals surface area (Å²) >= 11 is 0. The van der Waals surface area contributed by atoms with Gasteiger partial charge in [-0.2, -0.15) is 0 Å². The lowest BCUT2D eigenvalue weighted by atomic mass is 9.91. The first kappa shape index (κ1) is 15.3. The van der Waals surface area contributed by atoms with Crippen LogP contribution in [-0.4, -0.2) is 34.6 Å². The van der Waals surface area contributed by atoms with E-state index in [0.29, 0.717) is 17.8 Å². The zero-order valence-corrected chi connectivity index (χ0v) is 12.1. The SMILES string of the molecule is Cc1cc(NC(=O)N2CCCC(C)C2C(=O)O)ccc1F. The van der Waals surface area contributed by atoms with Crippen LogP contribution in [0.5, 0.6) is 0 Å². The van der Waals surface area contributed by atoms with E-state index in [2.05, 4.69) is 5.32 Å². The number of carbonyl (C=O) groups excluding carboxylic acids is 1. The van der Waals surface area contributed by atoms with Gasteiger partial charge in [0.1, 0.15) is 11.9 Å². The van der Waals surface area contributed by atoms with Crippen molar-refractivity contribution in [2.24, 2.45) is 5.92 Å². The molecule has 114 valence electrons. The number of aryl methyl sites for hydroxylation is 1. The number of hydrogen-bond donors (Lipinski definition) is 2. The molecule has 2 unspecified atom stereocenters. The molecular weight excluding hydrogens is 275 g/mol. The van der Waals surface area contributed by atoms with Crippen molar-refractivity contribution in [1.82, 2.24) is 4.90 Å². The third-order valence-corrected chi connectivity index (χ3v) is 3.86. The predicted octanol–water partition coefficient (Wildman–Crippen LogP) is 2.85. The van der Waals surface area contributed by atoms with Crippen molar-refractivity contribution in [3.05, 3.63) is 29.6 Å². The minimum atomic E-state index is -0.993. The van der Waals surface area contributed by atoms with Crippen LogP contribution in [0.25, 0.3) is 0 Å². The second kappa shape index (κ2) is 6.11. The van der Waals surface area contributed by atoms with Gasteiger partial charge in [-0.15, -0.1) is 0 Å². The molecule has 0 aliphatic carbocycles. The van der Waals surface area contributed by atoms with Crippen LogP contribution in [0.3, 0.4) is 0 Å². The van der Waals surface area contributed by atoms with Crippen LogP contribution in [0.1, 0.15) is 25.3 Å². The molecule has 2 atom stereocenters. The average molecular weight is 294 g/mol. The number of anilines is 1. The highest BCUT2D eigenvalue weighted by molar-refractivity contribution is 5.92. The number of carboxylic acid groups (broad SMARTS) is 1. The number of halogens is 1. The molecule has 6 heteroatoms. The molecule has 0 radical (unpaired) electrons. The van der Waals surface area contributed by atoms with Gasteiger partial charge in [-0.25, -0.2) is 14.0 Å². The van der Waals surface area contributed by atoms with E-state index in [-0.39, 0.29) is 11.7 Å². The van der Waals surface area contributed by atoms with Gasteiger partial charge in [0.2, 0.25) is 0 Å². The Morgan fingerprint density at radius 2 is 2.14 bits per heavy atom. The van der Waals surface area contributed by atoms with Crippen LogP contribution in [0.15, 0.2) is 18.2 Å². The highest BCUT2D eigenvalue weighted by Crippen LogP contribution is 2.24. The first-order chi connectivity index (χ1) is 9.90. The van der Waals surface area contributed by atoms with Crippen LogP contribution >= 0.6 is 0 Å². The summed E-state index contributed by atoms with van der Waals surface area (Å²) in [5, 5.41) is 11.9. The Morgan fingerprint density at radius 3 is 2.76 bits per heavy atom. The van der Waals surface area contributed by atoms with Crippen LogP contribution in [0.4, 0.5) is 14.9 Å². The maximum atomic E-state index is 13.2. The molecule has 2 N–H and O–H groups in total. The first-order valence-electron chi connectivity index (χ1n) is 6.96. The summed E-state index contributed by atoms with van der Waals surface area (Å²) in [6.07, 6.45) is 1.57. The number of amides is 2. The molecule has 1 aromatic rings. The Morgan fingerprint density at radius 1 is 1.43 bits per heavy atom. The smallest absolute Gasteiger partial charge is 0.326 e. The monoisotopic (exact) mass is 294 g/mol. The van der Waals surface area contributed by atoms with Gasteiger partial charge in [-0.1, -0.05) is 6.92 Å². The van der Waals surface area contributed by atoms with Crippen LogP contribution in [0, 0.1) is 18.7 Å². The standard InChI is InChI=1S/C15H19FN2O3/c1-9-4-3-7-18(13(9)14(19)20)15(21)17-11-5-6-12(16)10(2)8-11/h5-6,8-9,13H,3-4,7H2,1-2H3,(H,17,21)(H,19,20). The third-order valence-electron chi connectivity index (χ3n) is 3.86. The minimum absolute atomic E-state index is 0.0862. The van der Waals surface area contributed by atoms with E-state index in [1.807, 2.05) is 6.92 Å². The predicted molar refractivity (Wildman–Crippen MR) is 76.7 cm³/mol. The van der Waals surface area contributed by atoms with Gasteiger partial charge >= 0.3 is 12.0 Å². The third kappa shape index (κ3) is 3.32. The van der Waals surface area contributed by atoms with Gasteiger partial charge in [-0.3, -0.25) is 0 Å². The maximum absolute atomic E-state index is 13.2. The number of nitrogens with one attached hydrogen (secondary N) is 1. The number of aliphatic carboxylic acids is 1. The van der Waals surface area contributed by atoms with Gasteiger partial charge in [0.15, 0.2) is 0 Å². The lowest BCUT2D eigenvalue weighted by Gasteiger charge is -2.37. The lowest BCUT2D eigenvalue weighted by molar-refractivity contribution is -0.145. The highest BCUT2D eigenvalue weighted by atomic mass is 19.1. The molecule has 1 aromatic carbocycles. The first-order valence-corrected chi connectivity index (χ1v) is 6.96. The van der Waals surface area contributed by atoms with E-state index < -0.39 is 18.0 Å². The van der Waals surface area contributed by atoms with E-state index in [1.54, 1.807) is 6.92 Å². The Labute approximate surface area is 122 Å². The van der Waals surface area contributed by atoms with Crippen LogP contribution in [-0.2, 0) is 4.79 Å². The Hall–Kier alpha value is -2.11. The van der Waals surface area contributed by atoms with E-state index >= 15 is 0 Å². The topological polar surface area (TPSA) is 69.6 Å². The zero-order chi connectivity index (χ0) is 15.6. The lowest BCUT2D eigenvalue weighted by Crippen LogP contribution is -2.53. The molecule has 0 saturated carbocycles. The van der Waals surface area contributed by atoms with Gasteiger partial charge in [0.25, 0.3) is 0 Å². The summed E-state index contributed by atoms with van der Waals surface area (Å²) in [7, 11) is 0. The van der Waals surface area contributed by atoms with Crippen molar-refractivity contribution in [3.63, 3.8) is 0 Å². The van der Waals surface area contributed by atoms with Gasteiger partial charge in [0.05, 0.1) is 0 Å². The Kier molecular flexibility index (Phi) is 4.45. The largest absolute Gasteiger partial charge is 0.480 e. The van der Waals surface area contributed by atoms with Crippen molar-refractivity contribution < 1.29 is 19.1 Å². The number of carbonyl (C=O) groups is 2. The number of likely N-dealkylation sites (tertiary alicyclic amines) is 1. The van der Waals surface area contributed by atoms with Gasteiger partial charge in [0, 0.05) is 12.2 Å². The number of rotatable bonds is 2. The highest BCUT2D eigenvalue weighted by Gasteiger charge is 2.37. The van der Waals surface area contributed by atoms with E-state index in [4.69, 9.17) is 0 Å². The molecule has 1 aliphatic rings. The molecular formula is C15H19FN2O3. The van der Waals surface area contributed by atoms with Crippen molar-refractivity contribution in [1.29, 1.82) is 0 Å². The molecule has 2 rings (SSSR count). The average Bonchev–Trinajstić information content (AvgIpc) is 2.42.